The summed E-state index contributed by atoms with van der Waals surface area (Å²) >= 11 is 0. The lowest BCUT2D eigenvalue weighted by atomic mass is 9.80. The summed E-state index contributed by atoms with van der Waals surface area (Å²) in [5, 5.41) is 0.658. The molecule has 3 rings (SSSR count). The SMILES string of the molecule is Cc1cc2c(C3CCCC(OC(N)=O)C3)c(F)cc(C(N)=O)c2[nH]1. The number of rotatable bonds is 3. The van der Waals surface area contributed by atoms with Crippen molar-refractivity contribution >= 4 is 22.9 Å². The number of primary amides is 2. The summed E-state index contributed by atoms with van der Waals surface area (Å²) < 4.78 is 19.9. The zero-order chi connectivity index (χ0) is 17.4. The first kappa shape index (κ1) is 16.3. The van der Waals surface area contributed by atoms with Gasteiger partial charge in [0.15, 0.2) is 0 Å². The molecule has 0 radical (unpaired) electrons. The number of halogens is 1. The van der Waals surface area contributed by atoms with Crippen LogP contribution in [0.25, 0.3) is 10.9 Å². The maximum atomic E-state index is 14.8. The van der Waals surface area contributed by atoms with E-state index in [9.17, 15) is 14.0 Å². The van der Waals surface area contributed by atoms with Gasteiger partial charge in [-0.3, -0.25) is 4.79 Å². The summed E-state index contributed by atoms with van der Waals surface area (Å²) in [7, 11) is 0. The molecule has 5 N–H and O–H groups in total. The summed E-state index contributed by atoms with van der Waals surface area (Å²) in [4.78, 5) is 25.7. The summed E-state index contributed by atoms with van der Waals surface area (Å²) in [6.45, 7) is 1.84. The maximum Gasteiger partial charge on any atom is 0.404 e. The summed E-state index contributed by atoms with van der Waals surface area (Å²) in [6.07, 6.45) is 1.69. The van der Waals surface area contributed by atoms with Gasteiger partial charge in [0, 0.05) is 16.6 Å². The second kappa shape index (κ2) is 6.14. The van der Waals surface area contributed by atoms with Crippen LogP contribution in [0, 0.1) is 12.7 Å². The Morgan fingerprint density at radius 3 is 2.71 bits per heavy atom. The first-order valence-corrected chi connectivity index (χ1v) is 7.94. The van der Waals surface area contributed by atoms with Crippen molar-refractivity contribution in [3.8, 4) is 0 Å². The maximum absolute atomic E-state index is 14.8. The van der Waals surface area contributed by atoms with Crippen LogP contribution in [-0.2, 0) is 4.74 Å². The molecule has 6 nitrogen and oxygen atoms in total. The van der Waals surface area contributed by atoms with Crippen molar-refractivity contribution in [1.29, 1.82) is 0 Å². The predicted molar refractivity (Wildman–Crippen MR) is 87.2 cm³/mol. The first-order chi connectivity index (χ1) is 11.4. The molecule has 2 amide bonds. The van der Waals surface area contributed by atoms with Gasteiger partial charge in [0.25, 0.3) is 5.91 Å². The highest BCUT2D eigenvalue weighted by molar-refractivity contribution is 6.06. The van der Waals surface area contributed by atoms with E-state index in [1.807, 2.05) is 13.0 Å². The molecule has 0 aliphatic heterocycles. The van der Waals surface area contributed by atoms with E-state index in [-0.39, 0.29) is 17.6 Å². The van der Waals surface area contributed by atoms with Crippen LogP contribution in [0.15, 0.2) is 12.1 Å². The molecule has 1 aliphatic carbocycles. The molecule has 128 valence electrons. The predicted octanol–water partition coefficient (Wildman–Crippen LogP) is 2.84. The minimum atomic E-state index is -0.812. The number of aryl methyl sites for hydroxylation is 1. The van der Waals surface area contributed by atoms with E-state index in [0.29, 0.717) is 22.9 Å². The zero-order valence-corrected chi connectivity index (χ0v) is 13.4. The van der Waals surface area contributed by atoms with Crippen molar-refractivity contribution in [3.63, 3.8) is 0 Å². The third-order valence-corrected chi connectivity index (χ3v) is 4.62. The van der Waals surface area contributed by atoms with Crippen LogP contribution in [0.5, 0.6) is 0 Å². The molecular formula is C17H20FN3O3. The minimum Gasteiger partial charge on any atom is -0.446 e. The number of aromatic nitrogens is 1. The Labute approximate surface area is 138 Å². The molecule has 1 aliphatic rings. The second-order valence-corrected chi connectivity index (χ2v) is 6.35. The number of nitrogens with two attached hydrogens (primary N) is 2. The standard InChI is InChI=1S/C17H20FN3O3/c1-8-5-11-14(9-3-2-4-10(6-9)24-17(20)23)13(18)7-12(16(19)22)15(11)21-8/h5,7,9-10,21H,2-4,6H2,1H3,(H2,19,22)(H2,20,23). The fourth-order valence-electron chi connectivity index (χ4n) is 3.71. The molecule has 24 heavy (non-hydrogen) atoms. The molecule has 1 aromatic carbocycles. The number of nitrogens with one attached hydrogen (secondary N) is 1. The topological polar surface area (TPSA) is 111 Å². The van der Waals surface area contributed by atoms with Crippen LogP contribution in [-0.4, -0.2) is 23.1 Å². The lowest BCUT2D eigenvalue weighted by Gasteiger charge is -2.29. The number of carbonyl (C=O) groups is 2. The van der Waals surface area contributed by atoms with Crippen LogP contribution in [0.4, 0.5) is 9.18 Å². The third-order valence-electron chi connectivity index (χ3n) is 4.62. The van der Waals surface area contributed by atoms with E-state index < -0.39 is 17.8 Å². The molecule has 2 aromatic rings. The highest BCUT2D eigenvalue weighted by Gasteiger charge is 2.30. The summed E-state index contributed by atoms with van der Waals surface area (Å²) in [6, 6.07) is 3.01. The van der Waals surface area contributed by atoms with E-state index in [2.05, 4.69) is 4.98 Å². The lowest BCUT2D eigenvalue weighted by Crippen LogP contribution is -2.28. The number of amides is 2. The second-order valence-electron chi connectivity index (χ2n) is 6.35. The highest BCUT2D eigenvalue weighted by Crippen LogP contribution is 2.40. The largest absolute Gasteiger partial charge is 0.446 e. The minimum absolute atomic E-state index is 0.109. The van der Waals surface area contributed by atoms with Crippen LogP contribution < -0.4 is 11.5 Å². The van der Waals surface area contributed by atoms with Crippen molar-refractivity contribution < 1.29 is 18.7 Å². The van der Waals surface area contributed by atoms with Crippen molar-refractivity contribution in [2.24, 2.45) is 11.5 Å². The lowest BCUT2D eigenvalue weighted by molar-refractivity contribution is 0.0766. The molecule has 2 unspecified atom stereocenters. The fraction of sp³-hybridized carbons (Fsp3) is 0.412. The van der Waals surface area contributed by atoms with Crippen molar-refractivity contribution in [3.05, 3.63) is 34.8 Å². The van der Waals surface area contributed by atoms with E-state index in [4.69, 9.17) is 16.2 Å². The van der Waals surface area contributed by atoms with E-state index in [1.54, 1.807) is 0 Å². The van der Waals surface area contributed by atoms with Gasteiger partial charge in [-0.15, -0.1) is 0 Å². The highest BCUT2D eigenvalue weighted by atomic mass is 19.1. The van der Waals surface area contributed by atoms with Gasteiger partial charge in [-0.25, -0.2) is 9.18 Å². The Morgan fingerprint density at radius 2 is 2.04 bits per heavy atom. The number of benzene rings is 1. The van der Waals surface area contributed by atoms with Gasteiger partial charge >= 0.3 is 6.09 Å². The molecule has 1 aromatic heterocycles. The molecule has 0 spiro atoms. The van der Waals surface area contributed by atoms with Crippen molar-refractivity contribution in [1.82, 2.24) is 4.98 Å². The van der Waals surface area contributed by atoms with E-state index >= 15 is 0 Å². The number of hydrogen-bond acceptors (Lipinski definition) is 3. The van der Waals surface area contributed by atoms with Gasteiger partial charge in [0.2, 0.25) is 0 Å². The molecule has 1 saturated carbocycles. The molecule has 0 saturated heterocycles. The number of carbonyl (C=O) groups excluding carboxylic acids is 2. The molecular weight excluding hydrogens is 313 g/mol. The van der Waals surface area contributed by atoms with Crippen LogP contribution >= 0.6 is 0 Å². The summed E-state index contributed by atoms with van der Waals surface area (Å²) in [5.74, 6) is -1.24. The average molecular weight is 333 g/mol. The Balaban J connectivity index is 2.06. The van der Waals surface area contributed by atoms with Crippen LogP contribution in [0.1, 0.15) is 53.2 Å². The zero-order valence-electron chi connectivity index (χ0n) is 13.4. The van der Waals surface area contributed by atoms with Gasteiger partial charge in [0.05, 0.1) is 11.1 Å². The number of hydrogen-bond donors (Lipinski definition) is 3. The van der Waals surface area contributed by atoms with Gasteiger partial charge in [-0.2, -0.15) is 0 Å². The molecule has 1 heterocycles. The van der Waals surface area contributed by atoms with E-state index in [1.165, 1.54) is 6.07 Å². The number of fused-ring (bicyclic) bond motifs is 1. The number of ether oxygens (including phenoxy) is 1. The number of H-pyrrole nitrogens is 1. The normalized spacial score (nSPS) is 20.9. The van der Waals surface area contributed by atoms with Gasteiger partial charge in [-0.1, -0.05) is 0 Å². The third kappa shape index (κ3) is 2.93. The van der Waals surface area contributed by atoms with Gasteiger partial charge in [0.1, 0.15) is 11.9 Å². The molecule has 2 atom stereocenters. The molecule has 1 fully saturated rings. The van der Waals surface area contributed by atoms with E-state index in [0.717, 1.165) is 25.0 Å². The first-order valence-electron chi connectivity index (χ1n) is 7.94. The van der Waals surface area contributed by atoms with Gasteiger partial charge in [-0.05, 0) is 50.7 Å². The van der Waals surface area contributed by atoms with Crippen LogP contribution in [0.2, 0.25) is 0 Å². The Hall–Kier alpha value is -2.57. The van der Waals surface area contributed by atoms with Crippen molar-refractivity contribution in [2.45, 2.75) is 44.6 Å². The average Bonchev–Trinajstić information content (AvgIpc) is 2.86. The molecule has 7 heteroatoms. The number of aromatic amines is 1. The molecule has 0 bridgehead atoms. The van der Waals surface area contributed by atoms with Crippen molar-refractivity contribution in [2.75, 3.05) is 0 Å². The van der Waals surface area contributed by atoms with Gasteiger partial charge < -0.3 is 21.2 Å². The Kier molecular flexibility index (Phi) is 4.17. The Morgan fingerprint density at radius 1 is 1.29 bits per heavy atom. The fourth-order valence-corrected chi connectivity index (χ4v) is 3.71. The quantitative estimate of drug-likeness (QED) is 0.803. The van der Waals surface area contributed by atoms with Crippen LogP contribution in [0.3, 0.4) is 0 Å². The Bertz CT molecular complexity index is 815. The monoisotopic (exact) mass is 333 g/mol. The summed E-state index contributed by atoms with van der Waals surface area (Å²) in [5.41, 5.74) is 12.5. The smallest absolute Gasteiger partial charge is 0.404 e.